The third-order valence-electron chi connectivity index (χ3n) is 4.78. The molecule has 4 heterocycles. The van der Waals surface area contributed by atoms with Crippen molar-refractivity contribution >= 4 is 28.7 Å². The first-order valence-corrected chi connectivity index (χ1v) is 10.2. The molecule has 1 saturated heterocycles. The van der Waals surface area contributed by atoms with Gasteiger partial charge < -0.3 is 9.47 Å². The fourth-order valence-corrected chi connectivity index (χ4v) is 3.87. The number of piperazine rings is 1. The Morgan fingerprint density at radius 1 is 1.00 bits per heavy atom. The molecule has 0 bridgehead atoms. The average Bonchev–Trinajstić information content (AvgIpc) is 3.12. The van der Waals surface area contributed by atoms with Crippen LogP contribution < -0.4 is 4.90 Å². The van der Waals surface area contributed by atoms with Gasteiger partial charge in [-0.15, -0.1) is 11.8 Å². The maximum absolute atomic E-state index is 4.49. The van der Waals surface area contributed by atoms with Crippen LogP contribution in [0.25, 0.3) is 11.2 Å². The van der Waals surface area contributed by atoms with Gasteiger partial charge in [-0.2, -0.15) is 0 Å². The van der Waals surface area contributed by atoms with Gasteiger partial charge in [0, 0.05) is 38.9 Å². The van der Waals surface area contributed by atoms with Crippen LogP contribution in [0.2, 0.25) is 0 Å². The molecule has 136 valence electrons. The van der Waals surface area contributed by atoms with E-state index in [1.165, 1.54) is 0 Å². The van der Waals surface area contributed by atoms with E-state index < -0.39 is 0 Å². The van der Waals surface area contributed by atoms with Crippen LogP contribution in [0.1, 0.15) is 6.42 Å². The summed E-state index contributed by atoms with van der Waals surface area (Å²) >= 11 is 1.61. The Balaban J connectivity index is 1.28. The second-order valence-electron chi connectivity index (χ2n) is 6.36. The summed E-state index contributed by atoms with van der Waals surface area (Å²) in [5.74, 6) is 1.08. The summed E-state index contributed by atoms with van der Waals surface area (Å²) < 4.78 is 2.14. The summed E-state index contributed by atoms with van der Waals surface area (Å²) in [5, 5.41) is 0.944. The van der Waals surface area contributed by atoms with Crippen molar-refractivity contribution in [3.63, 3.8) is 0 Å². The van der Waals surface area contributed by atoms with Gasteiger partial charge in [0.05, 0.1) is 6.33 Å². The average molecular weight is 369 g/mol. The van der Waals surface area contributed by atoms with Crippen molar-refractivity contribution in [3.05, 3.63) is 37.1 Å². The Hall–Kier alpha value is -2.19. The molecule has 1 aliphatic heterocycles. The van der Waals surface area contributed by atoms with Crippen LogP contribution in [0.5, 0.6) is 0 Å². The van der Waals surface area contributed by atoms with Crippen LogP contribution in [0.4, 0.5) is 5.82 Å². The molecule has 4 rings (SSSR count). The summed E-state index contributed by atoms with van der Waals surface area (Å²) in [5.41, 5.74) is 1.84. The Morgan fingerprint density at radius 3 is 2.65 bits per heavy atom. The van der Waals surface area contributed by atoms with Crippen molar-refractivity contribution in [2.45, 2.75) is 18.0 Å². The Morgan fingerprint density at radius 2 is 1.88 bits per heavy atom. The molecular weight excluding hydrogens is 346 g/mol. The maximum Gasteiger partial charge on any atom is 0.164 e. The number of fused-ring (bicyclic) bond motifs is 1. The van der Waals surface area contributed by atoms with Crippen molar-refractivity contribution in [2.24, 2.45) is 0 Å². The van der Waals surface area contributed by atoms with Crippen LogP contribution in [0.15, 0.2) is 42.1 Å². The highest BCUT2D eigenvalue weighted by Crippen LogP contribution is 2.21. The first-order chi connectivity index (χ1) is 12.8. The third kappa shape index (κ3) is 3.66. The van der Waals surface area contributed by atoms with Crippen molar-refractivity contribution in [1.29, 1.82) is 0 Å². The summed E-state index contributed by atoms with van der Waals surface area (Å²) in [7, 11) is 0. The number of hydrogen-bond acceptors (Lipinski definition) is 7. The minimum absolute atomic E-state index is 0.906. The minimum atomic E-state index is 0.906. The third-order valence-corrected chi connectivity index (χ3v) is 5.47. The van der Waals surface area contributed by atoms with Crippen molar-refractivity contribution in [3.8, 4) is 0 Å². The Kier molecular flexibility index (Phi) is 5.31. The molecule has 3 aromatic rings. The molecule has 0 atom stereocenters. The fourth-order valence-electron chi connectivity index (χ4n) is 3.38. The van der Waals surface area contributed by atoms with Gasteiger partial charge in [-0.05, 0) is 31.4 Å². The maximum atomic E-state index is 4.49. The molecule has 7 nitrogen and oxygen atoms in total. The largest absolute Gasteiger partial charge is 0.354 e. The molecular formula is C18H23N7S. The highest BCUT2D eigenvalue weighted by atomic mass is 32.2. The number of aryl methyl sites for hydroxylation is 1. The molecule has 0 radical (unpaired) electrons. The number of nitrogens with zero attached hydrogens (tertiary/aromatic N) is 7. The lowest BCUT2D eigenvalue weighted by Gasteiger charge is -2.35. The molecule has 3 aromatic heterocycles. The molecule has 1 aliphatic rings. The highest BCUT2D eigenvalue weighted by molar-refractivity contribution is 7.98. The molecule has 0 amide bonds. The molecule has 8 heteroatoms. The van der Waals surface area contributed by atoms with E-state index in [1.807, 2.05) is 24.8 Å². The fraction of sp³-hybridized carbons (Fsp3) is 0.444. The second kappa shape index (κ2) is 8.01. The van der Waals surface area contributed by atoms with E-state index in [2.05, 4.69) is 46.4 Å². The molecule has 0 saturated carbocycles. The zero-order valence-electron chi connectivity index (χ0n) is 15.0. The highest BCUT2D eigenvalue weighted by Gasteiger charge is 2.17. The van der Waals surface area contributed by atoms with Crippen LogP contribution in [-0.2, 0) is 6.54 Å². The molecule has 0 aliphatic carbocycles. The van der Waals surface area contributed by atoms with Crippen LogP contribution in [0, 0.1) is 0 Å². The van der Waals surface area contributed by atoms with Gasteiger partial charge in [-0.3, -0.25) is 4.90 Å². The van der Waals surface area contributed by atoms with Crippen LogP contribution in [0.3, 0.4) is 0 Å². The first kappa shape index (κ1) is 17.2. The van der Waals surface area contributed by atoms with E-state index in [0.29, 0.717) is 0 Å². The van der Waals surface area contributed by atoms with Gasteiger partial charge in [0.15, 0.2) is 5.65 Å². The van der Waals surface area contributed by atoms with Gasteiger partial charge in [0.25, 0.3) is 0 Å². The first-order valence-electron chi connectivity index (χ1n) is 8.93. The van der Waals surface area contributed by atoms with E-state index in [9.17, 15) is 0 Å². The second-order valence-corrected chi connectivity index (χ2v) is 7.16. The monoisotopic (exact) mass is 369 g/mol. The summed E-state index contributed by atoms with van der Waals surface area (Å²) in [6.45, 7) is 6.27. The predicted octanol–water partition coefficient (Wildman–Crippen LogP) is 2.16. The van der Waals surface area contributed by atoms with Crippen molar-refractivity contribution in [1.82, 2.24) is 29.4 Å². The standard InChI is InChI=1S/C18H23N7S/c1-26-18-16-17(20-13-21-18)25(14-22-16)8-4-7-23-9-11-24(12-10-23)15-5-2-3-6-19-15/h2-3,5-6,13-14H,4,7-12H2,1H3. The lowest BCUT2D eigenvalue weighted by atomic mass is 10.2. The summed E-state index contributed by atoms with van der Waals surface area (Å²) in [6, 6.07) is 6.10. The van der Waals surface area contributed by atoms with E-state index in [-0.39, 0.29) is 0 Å². The lowest BCUT2D eigenvalue weighted by Crippen LogP contribution is -2.47. The molecule has 0 aromatic carbocycles. The predicted molar refractivity (Wildman–Crippen MR) is 105 cm³/mol. The van der Waals surface area contributed by atoms with Gasteiger partial charge in [0.1, 0.15) is 22.7 Å². The Bertz CT molecular complexity index is 843. The number of imidazole rings is 1. The quantitative estimate of drug-likeness (QED) is 0.487. The topological polar surface area (TPSA) is 63.0 Å². The molecule has 26 heavy (non-hydrogen) atoms. The molecule has 0 spiro atoms. The smallest absolute Gasteiger partial charge is 0.164 e. The van der Waals surface area contributed by atoms with Crippen molar-refractivity contribution < 1.29 is 0 Å². The lowest BCUT2D eigenvalue weighted by molar-refractivity contribution is 0.250. The minimum Gasteiger partial charge on any atom is -0.354 e. The van der Waals surface area contributed by atoms with E-state index in [4.69, 9.17) is 0 Å². The number of hydrogen-bond donors (Lipinski definition) is 0. The van der Waals surface area contributed by atoms with Gasteiger partial charge in [0.2, 0.25) is 0 Å². The molecule has 0 unspecified atom stereocenters. The number of anilines is 1. The summed E-state index contributed by atoms with van der Waals surface area (Å²) in [4.78, 5) is 22.5. The Labute approximate surface area is 157 Å². The normalized spacial score (nSPS) is 15.7. The zero-order valence-corrected chi connectivity index (χ0v) is 15.8. The molecule has 1 fully saturated rings. The SMILES string of the molecule is CSc1ncnc2c1ncn2CCCN1CCN(c2ccccn2)CC1. The summed E-state index contributed by atoms with van der Waals surface area (Å²) in [6.07, 6.45) is 8.49. The van der Waals surface area contributed by atoms with Gasteiger partial charge >= 0.3 is 0 Å². The van der Waals surface area contributed by atoms with Crippen molar-refractivity contribution in [2.75, 3.05) is 43.9 Å². The number of thioether (sulfide) groups is 1. The van der Waals surface area contributed by atoms with Crippen LogP contribution in [-0.4, -0.2) is 68.4 Å². The number of pyridine rings is 1. The van der Waals surface area contributed by atoms with Gasteiger partial charge in [-0.1, -0.05) is 6.07 Å². The number of rotatable bonds is 6. The van der Waals surface area contributed by atoms with Crippen LogP contribution >= 0.6 is 11.8 Å². The number of aromatic nitrogens is 5. The van der Waals surface area contributed by atoms with E-state index in [0.717, 1.165) is 67.7 Å². The van der Waals surface area contributed by atoms with E-state index >= 15 is 0 Å². The zero-order chi connectivity index (χ0) is 17.8. The van der Waals surface area contributed by atoms with E-state index in [1.54, 1.807) is 18.1 Å². The molecule has 0 N–H and O–H groups in total. The van der Waals surface area contributed by atoms with Gasteiger partial charge in [-0.25, -0.2) is 19.9 Å².